The van der Waals surface area contributed by atoms with Gasteiger partial charge in [0.05, 0.1) is 5.92 Å². The smallest absolute Gasteiger partial charge is 0.180 e. The van der Waals surface area contributed by atoms with Crippen LogP contribution in [0.2, 0.25) is 0 Å². The van der Waals surface area contributed by atoms with Crippen molar-refractivity contribution in [1.29, 1.82) is 0 Å². The summed E-state index contributed by atoms with van der Waals surface area (Å²) in [5.41, 5.74) is 3.63. The minimum Gasteiger partial charge on any atom is -0.290 e. The molecule has 0 aromatic rings. The summed E-state index contributed by atoms with van der Waals surface area (Å²) in [7, 11) is 0. The Hall–Kier alpha value is -1.38. The number of allylic oxidation sites excluding steroid dienone is 3. The molecule has 1 heterocycles. The number of hydrogen-bond acceptors (Lipinski definition) is 3. The zero-order chi connectivity index (χ0) is 6.97. The molecule has 3 nitrogen and oxygen atoms in total. The predicted molar refractivity (Wildman–Crippen MR) is 37.3 cm³/mol. The first kappa shape index (κ1) is 5.41. The van der Waals surface area contributed by atoms with Crippen molar-refractivity contribution < 1.29 is 4.79 Å². The van der Waals surface area contributed by atoms with Crippen LogP contribution >= 0.6 is 0 Å². The third kappa shape index (κ3) is 0.673. The van der Waals surface area contributed by atoms with E-state index < -0.39 is 0 Å². The fourth-order valence-electron chi connectivity index (χ4n) is 1.03. The van der Waals surface area contributed by atoms with Gasteiger partial charge in [-0.1, -0.05) is 6.08 Å². The van der Waals surface area contributed by atoms with Crippen LogP contribution < -0.4 is 5.43 Å². The van der Waals surface area contributed by atoms with Gasteiger partial charge >= 0.3 is 0 Å². The number of rotatable bonds is 0. The Balaban J connectivity index is 2.36. The van der Waals surface area contributed by atoms with Crippen LogP contribution in [0, 0.1) is 5.92 Å². The summed E-state index contributed by atoms with van der Waals surface area (Å²) in [6.07, 6.45) is 6.74. The van der Waals surface area contributed by atoms with E-state index in [-0.39, 0.29) is 11.7 Å². The SMILES string of the molecule is O=C1C=C[C@@H]2C=NNC2=C1. The maximum absolute atomic E-state index is 10.7. The van der Waals surface area contributed by atoms with E-state index in [1.807, 2.05) is 6.08 Å². The molecule has 0 unspecified atom stereocenters. The van der Waals surface area contributed by atoms with Crippen LogP contribution in [-0.4, -0.2) is 12.0 Å². The van der Waals surface area contributed by atoms with Crippen LogP contribution in [0.25, 0.3) is 0 Å². The van der Waals surface area contributed by atoms with Gasteiger partial charge in [-0.3, -0.25) is 10.2 Å². The molecule has 0 saturated carbocycles. The number of nitrogens with one attached hydrogen (secondary N) is 1. The molecule has 0 spiro atoms. The minimum atomic E-state index is 0.0317. The molecule has 0 amide bonds. The van der Waals surface area contributed by atoms with Crippen LogP contribution in [0.1, 0.15) is 0 Å². The normalized spacial score (nSPS) is 27.8. The highest BCUT2D eigenvalue weighted by Gasteiger charge is 2.17. The van der Waals surface area contributed by atoms with Crippen molar-refractivity contribution in [3.63, 3.8) is 0 Å². The first-order chi connectivity index (χ1) is 4.86. The lowest BCUT2D eigenvalue weighted by molar-refractivity contribution is -0.110. The van der Waals surface area contributed by atoms with Crippen LogP contribution in [0.3, 0.4) is 0 Å². The van der Waals surface area contributed by atoms with E-state index in [9.17, 15) is 4.79 Å². The van der Waals surface area contributed by atoms with Gasteiger partial charge in [-0.2, -0.15) is 5.10 Å². The standard InChI is InChI=1S/C7H6N2O/c10-6-2-1-5-4-8-9-7(5)3-6/h1-5,9H/t5-/m1/s1. The van der Waals surface area contributed by atoms with Crippen molar-refractivity contribution >= 4 is 12.0 Å². The number of hydrazone groups is 1. The number of nitrogens with zero attached hydrogens (tertiary/aromatic N) is 1. The quantitative estimate of drug-likeness (QED) is 0.514. The Bertz CT molecular complexity index is 263. The van der Waals surface area contributed by atoms with Crippen molar-refractivity contribution in [1.82, 2.24) is 5.43 Å². The Morgan fingerprint density at radius 3 is 3.40 bits per heavy atom. The third-order valence-electron chi connectivity index (χ3n) is 1.55. The molecular weight excluding hydrogens is 128 g/mol. The van der Waals surface area contributed by atoms with E-state index in [0.717, 1.165) is 5.70 Å². The second-order valence-electron chi connectivity index (χ2n) is 2.28. The molecule has 1 aliphatic carbocycles. The van der Waals surface area contributed by atoms with Crippen molar-refractivity contribution in [2.45, 2.75) is 0 Å². The third-order valence-corrected chi connectivity index (χ3v) is 1.55. The lowest BCUT2D eigenvalue weighted by atomic mass is 10.0. The van der Waals surface area contributed by atoms with Crippen LogP contribution in [0.15, 0.2) is 29.0 Å². The number of carbonyl (C=O) groups is 1. The molecule has 50 valence electrons. The number of fused-ring (bicyclic) bond motifs is 1. The molecule has 0 radical (unpaired) electrons. The first-order valence-electron chi connectivity index (χ1n) is 3.09. The molecule has 2 rings (SSSR count). The number of hydrogen-bond donors (Lipinski definition) is 1. The average Bonchev–Trinajstić information content (AvgIpc) is 2.33. The summed E-state index contributed by atoms with van der Waals surface area (Å²) in [6, 6.07) is 0. The van der Waals surface area contributed by atoms with Crippen molar-refractivity contribution in [2.75, 3.05) is 0 Å². The maximum atomic E-state index is 10.7. The van der Waals surface area contributed by atoms with Crippen molar-refractivity contribution in [3.05, 3.63) is 23.9 Å². The fraction of sp³-hybridized carbons (Fsp3) is 0.143. The van der Waals surface area contributed by atoms with Gasteiger partial charge in [0.25, 0.3) is 0 Å². The highest BCUT2D eigenvalue weighted by Crippen LogP contribution is 2.16. The van der Waals surface area contributed by atoms with Gasteiger partial charge in [0.1, 0.15) is 0 Å². The summed E-state index contributed by atoms with van der Waals surface area (Å²) in [4.78, 5) is 10.7. The summed E-state index contributed by atoms with van der Waals surface area (Å²) >= 11 is 0. The minimum absolute atomic E-state index is 0.0317. The molecule has 3 heteroatoms. The average molecular weight is 134 g/mol. The maximum Gasteiger partial charge on any atom is 0.180 e. The highest BCUT2D eigenvalue weighted by atomic mass is 16.1. The predicted octanol–water partition coefficient (Wildman–Crippen LogP) is 0.214. The van der Waals surface area contributed by atoms with E-state index >= 15 is 0 Å². The monoisotopic (exact) mass is 134 g/mol. The Kier molecular flexibility index (Phi) is 0.974. The van der Waals surface area contributed by atoms with Crippen LogP contribution in [0.5, 0.6) is 0 Å². The van der Waals surface area contributed by atoms with Gasteiger partial charge in [0.2, 0.25) is 0 Å². The molecule has 1 atom stereocenters. The molecular formula is C7H6N2O. The lowest BCUT2D eigenvalue weighted by Gasteiger charge is -2.06. The molecule has 0 fully saturated rings. The lowest BCUT2D eigenvalue weighted by Crippen LogP contribution is -2.11. The molecule has 1 aliphatic heterocycles. The first-order valence-corrected chi connectivity index (χ1v) is 3.09. The van der Waals surface area contributed by atoms with E-state index in [1.165, 1.54) is 0 Å². The second-order valence-corrected chi connectivity index (χ2v) is 2.28. The molecule has 1 N–H and O–H groups in total. The van der Waals surface area contributed by atoms with Gasteiger partial charge in [-0.25, -0.2) is 0 Å². The molecule has 2 aliphatic rings. The van der Waals surface area contributed by atoms with Crippen molar-refractivity contribution in [2.24, 2.45) is 11.0 Å². The zero-order valence-electron chi connectivity index (χ0n) is 5.24. The molecule has 0 bridgehead atoms. The number of carbonyl (C=O) groups excluding carboxylic acids is 1. The second kappa shape index (κ2) is 1.80. The Labute approximate surface area is 58.1 Å². The van der Waals surface area contributed by atoms with Gasteiger partial charge < -0.3 is 0 Å². The van der Waals surface area contributed by atoms with E-state index in [0.29, 0.717) is 0 Å². The van der Waals surface area contributed by atoms with Crippen LogP contribution in [0.4, 0.5) is 0 Å². The Morgan fingerprint density at radius 1 is 1.60 bits per heavy atom. The van der Waals surface area contributed by atoms with Crippen LogP contribution in [-0.2, 0) is 4.79 Å². The highest BCUT2D eigenvalue weighted by molar-refractivity contribution is 6.02. The fourth-order valence-corrected chi connectivity index (χ4v) is 1.03. The topological polar surface area (TPSA) is 41.5 Å². The number of ketones is 1. The largest absolute Gasteiger partial charge is 0.290 e. The summed E-state index contributed by atoms with van der Waals surface area (Å²) in [6.45, 7) is 0. The molecule has 0 aromatic carbocycles. The Morgan fingerprint density at radius 2 is 2.50 bits per heavy atom. The zero-order valence-corrected chi connectivity index (χ0v) is 5.24. The van der Waals surface area contributed by atoms with Gasteiger partial charge in [-0.05, 0) is 6.08 Å². The summed E-state index contributed by atoms with van der Waals surface area (Å²) < 4.78 is 0. The van der Waals surface area contributed by atoms with E-state index in [4.69, 9.17) is 0 Å². The van der Waals surface area contributed by atoms with Crippen molar-refractivity contribution in [3.8, 4) is 0 Å². The van der Waals surface area contributed by atoms with Gasteiger partial charge in [0.15, 0.2) is 5.78 Å². The van der Waals surface area contributed by atoms with E-state index in [1.54, 1.807) is 18.4 Å². The van der Waals surface area contributed by atoms with Gasteiger partial charge in [-0.15, -0.1) is 0 Å². The molecule has 10 heavy (non-hydrogen) atoms. The summed E-state index contributed by atoms with van der Waals surface area (Å²) in [5, 5.41) is 3.82. The van der Waals surface area contributed by atoms with Gasteiger partial charge in [0, 0.05) is 18.0 Å². The molecule has 0 saturated heterocycles. The van der Waals surface area contributed by atoms with E-state index in [2.05, 4.69) is 10.5 Å². The summed E-state index contributed by atoms with van der Waals surface area (Å²) in [5.74, 6) is 0.238. The molecule has 0 aromatic heterocycles.